The van der Waals surface area contributed by atoms with Crippen LogP contribution >= 0.6 is 0 Å². The fourth-order valence-electron chi connectivity index (χ4n) is 6.05. The van der Waals surface area contributed by atoms with Crippen LogP contribution in [0.4, 0.5) is 0 Å². The molecule has 0 spiro atoms. The van der Waals surface area contributed by atoms with Gasteiger partial charge in [-0.2, -0.15) is 0 Å². The summed E-state index contributed by atoms with van der Waals surface area (Å²) in [7, 11) is 3.99. The van der Waals surface area contributed by atoms with Crippen molar-refractivity contribution in [2.75, 3.05) is 53.4 Å². The number of benzene rings is 2. The molecule has 4 aliphatic rings. The second-order valence-corrected chi connectivity index (χ2v) is 11.2. The lowest BCUT2D eigenvalue weighted by molar-refractivity contribution is 0.0583. The monoisotopic (exact) mass is 560 g/mol. The molecule has 8 heteroatoms. The molecule has 0 bridgehead atoms. The Morgan fingerprint density at radius 3 is 1.26 bits per heavy atom. The Bertz CT molecular complexity index is 1540. The summed E-state index contributed by atoms with van der Waals surface area (Å²) in [4.78, 5) is 60.9. The van der Waals surface area contributed by atoms with Crippen molar-refractivity contribution in [2.45, 2.75) is 12.8 Å². The summed E-state index contributed by atoms with van der Waals surface area (Å²) in [6.07, 6.45) is 12.9. The zero-order chi connectivity index (χ0) is 29.4. The van der Waals surface area contributed by atoms with E-state index >= 15 is 0 Å². The standard InChI is InChI=1S/C34H32N4O4/c1-35(21-23-9-3-4-10-23)17-7-19-37-31(39)25-13-15-27-30-28(16-14-26(29(25)30)32(37)40)34(42)38(33(27)41)20-8-18-36(2)22-24-11-5-6-12-24/h3-6,9,11,13-16H,7-8,17-22H2,1-2H3. The third-order valence-corrected chi connectivity index (χ3v) is 8.11. The summed E-state index contributed by atoms with van der Waals surface area (Å²) >= 11 is 0. The average Bonchev–Trinajstić information content (AvgIpc) is 3.69. The Kier molecular flexibility index (Phi) is 7.46. The maximum absolute atomic E-state index is 13.5. The molecule has 0 fully saturated rings. The van der Waals surface area contributed by atoms with Crippen molar-refractivity contribution >= 4 is 34.4 Å². The van der Waals surface area contributed by atoms with E-state index in [0.29, 0.717) is 59.0 Å². The number of carbonyl (C=O) groups excluding carboxylic acids is 4. The highest BCUT2D eigenvalue weighted by Crippen LogP contribution is 2.38. The van der Waals surface area contributed by atoms with E-state index in [2.05, 4.69) is 21.3 Å². The van der Waals surface area contributed by atoms with E-state index in [1.807, 2.05) is 50.6 Å². The van der Waals surface area contributed by atoms with Crippen LogP contribution in [0, 0.1) is 0 Å². The third-order valence-electron chi connectivity index (χ3n) is 8.11. The number of hydrogen-bond donors (Lipinski definition) is 0. The Balaban J connectivity index is 1.16. The minimum atomic E-state index is -0.393. The van der Waals surface area contributed by atoms with Crippen LogP contribution < -0.4 is 0 Å². The van der Waals surface area contributed by atoms with Crippen LogP contribution in [0.5, 0.6) is 0 Å². The number of imide groups is 2. The average molecular weight is 561 g/mol. The number of allylic oxidation sites excluding steroid dienone is 2. The van der Waals surface area contributed by atoms with Crippen LogP contribution in [-0.2, 0) is 0 Å². The van der Waals surface area contributed by atoms with Crippen LogP contribution in [0.15, 0.2) is 83.3 Å². The zero-order valence-electron chi connectivity index (χ0n) is 23.9. The Hall–Kier alpha value is -4.58. The molecule has 2 aromatic rings. The van der Waals surface area contributed by atoms with Crippen LogP contribution in [0.3, 0.4) is 0 Å². The van der Waals surface area contributed by atoms with Gasteiger partial charge in [-0.25, -0.2) is 0 Å². The highest BCUT2D eigenvalue weighted by Gasteiger charge is 2.39. The van der Waals surface area contributed by atoms with Crippen LogP contribution in [0.2, 0.25) is 0 Å². The third kappa shape index (κ3) is 5.02. The Morgan fingerprint density at radius 2 is 0.952 bits per heavy atom. The first-order valence-corrected chi connectivity index (χ1v) is 14.3. The molecular formula is C34H32N4O4. The molecule has 0 saturated heterocycles. The van der Waals surface area contributed by atoms with Crippen molar-refractivity contribution in [3.63, 3.8) is 0 Å². The Labute approximate surface area is 244 Å². The van der Waals surface area contributed by atoms with Gasteiger partial charge in [0.2, 0.25) is 0 Å². The van der Waals surface area contributed by atoms with Gasteiger partial charge in [0, 0.05) is 70.4 Å². The van der Waals surface area contributed by atoms with Crippen molar-refractivity contribution < 1.29 is 19.2 Å². The van der Waals surface area contributed by atoms with Crippen LogP contribution in [-0.4, -0.2) is 96.6 Å². The fourth-order valence-corrected chi connectivity index (χ4v) is 6.05. The van der Waals surface area contributed by atoms with Crippen molar-refractivity contribution in [3.8, 4) is 0 Å². The van der Waals surface area contributed by atoms with E-state index < -0.39 is 23.6 Å². The number of rotatable bonds is 12. The van der Waals surface area contributed by atoms with Gasteiger partial charge in [-0.1, -0.05) is 12.2 Å². The number of amides is 4. The molecule has 42 heavy (non-hydrogen) atoms. The zero-order valence-corrected chi connectivity index (χ0v) is 23.9. The maximum atomic E-state index is 13.5. The van der Waals surface area contributed by atoms with Gasteiger partial charge in [-0.3, -0.25) is 29.0 Å². The number of carbonyl (C=O) groups is 4. The van der Waals surface area contributed by atoms with E-state index in [9.17, 15) is 19.2 Å². The number of nitrogens with zero attached hydrogens (tertiary/aromatic N) is 4. The summed E-state index contributed by atoms with van der Waals surface area (Å²) in [6, 6.07) is 6.50. The van der Waals surface area contributed by atoms with Gasteiger partial charge >= 0.3 is 0 Å². The molecule has 0 N–H and O–H groups in total. The van der Waals surface area contributed by atoms with E-state index in [1.165, 1.54) is 9.80 Å². The molecule has 4 amide bonds. The van der Waals surface area contributed by atoms with Gasteiger partial charge in [0.1, 0.15) is 0 Å². The number of hydrogen-bond acceptors (Lipinski definition) is 6. The molecule has 212 valence electrons. The molecule has 0 aromatic heterocycles. The molecule has 6 rings (SSSR count). The van der Waals surface area contributed by atoms with E-state index in [-0.39, 0.29) is 13.1 Å². The molecule has 2 aromatic carbocycles. The molecule has 0 unspecified atom stereocenters. The molecule has 0 atom stereocenters. The predicted molar refractivity (Wildman–Crippen MR) is 160 cm³/mol. The molecule has 8 nitrogen and oxygen atoms in total. The van der Waals surface area contributed by atoms with Gasteiger partial charge in [0.05, 0.1) is 0 Å². The number of likely N-dealkylation sites (N-methyl/N-ethyl adjacent to an activating group) is 2. The fraction of sp³-hybridized carbons (Fsp3) is 0.294. The first-order valence-electron chi connectivity index (χ1n) is 14.3. The topological polar surface area (TPSA) is 81.2 Å². The lowest BCUT2D eigenvalue weighted by Gasteiger charge is -2.32. The second-order valence-electron chi connectivity index (χ2n) is 11.2. The smallest absolute Gasteiger partial charge is 0.261 e. The van der Waals surface area contributed by atoms with Gasteiger partial charge in [-0.15, -0.1) is 11.5 Å². The first kappa shape index (κ1) is 27.6. The lowest BCUT2D eigenvalue weighted by Crippen LogP contribution is -2.44. The van der Waals surface area contributed by atoms with Crippen molar-refractivity contribution in [1.82, 2.24) is 19.6 Å². The summed E-state index contributed by atoms with van der Waals surface area (Å²) in [5.41, 5.74) is 9.96. The normalized spacial score (nSPS) is 16.8. The van der Waals surface area contributed by atoms with E-state index in [1.54, 1.807) is 24.3 Å². The molecule has 2 heterocycles. The highest BCUT2D eigenvalue weighted by atomic mass is 16.2. The van der Waals surface area contributed by atoms with Gasteiger partial charge in [-0.05, 0) is 88.6 Å². The quantitative estimate of drug-likeness (QED) is 0.289. The van der Waals surface area contributed by atoms with E-state index in [0.717, 1.165) is 24.2 Å². The molecule has 2 aliphatic carbocycles. The molecule has 0 saturated carbocycles. The van der Waals surface area contributed by atoms with Crippen LogP contribution in [0.1, 0.15) is 54.3 Å². The van der Waals surface area contributed by atoms with Crippen molar-refractivity contribution in [3.05, 3.63) is 106 Å². The summed E-state index contributed by atoms with van der Waals surface area (Å²) in [5.74, 6) is -1.57. The summed E-state index contributed by atoms with van der Waals surface area (Å²) in [5, 5.41) is 0.819. The second kappa shape index (κ2) is 11.4. The Morgan fingerprint density at radius 1 is 0.595 bits per heavy atom. The molecular weight excluding hydrogens is 528 g/mol. The predicted octanol–water partition coefficient (Wildman–Crippen LogP) is 3.98. The molecule has 2 aliphatic heterocycles. The maximum Gasteiger partial charge on any atom is 0.261 e. The van der Waals surface area contributed by atoms with Gasteiger partial charge < -0.3 is 9.80 Å². The van der Waals surface area contributed by atoms with Gasteiger partial charge in [0.15, 0.2) is 0 Å². The minimum Gasteiger partial charge on any atom is -0.301 e. The highest BCUT2D eigenvalue weighted by molar-refractivity contribution is 6.33. The SMILES string of the molecule is CN(CCCN1C(=O)c2ccc3c4c(ccc(c24)C1=O)C(=O)N(CCCN(C)CC1=C=CC=C1)C3=O)CC1=C=CC=C1. The lowest BCUT2D eigenvalue weighted by atomic mass is 9.86. The van der Waals surface area contributed by atoms with Crippen LogP contribution in [0.25, 0.3) is 10.8 Å². The summed E-state index contributed by atoms with van der Waals surface area (Å²) in [6.45, 7) is 3.45. The van der Waals surface area contributed by atoms with Gasteiger partial charge in [0.25, 0.3) is 23.6 Å². The summed E-state index contributed by atoms with van der Waals surface area (Å²) < 4.78 is 0. The van der Waals surface area contributed by atoms with E-state index in [4.69, 9.17) is 0 Å². The van der Waals surface area contributed by atoms with Crippen molar-refractivity contribution in [1.29, 1.82) is 0 Å². The molecule has 0 radical (unpaired) electrons. The largest absolute Gasteiger partial charge is 0.301 e. The first-order chi connectivity index (χ1) is 20.3. The van der Waals surface area contributed by atoms with Crippen molar-refractivity contribution in [2.24, 2.45) is 0 Å². The minimum absolute atomic E-state index is 0.279.